The summed E-state index contributed by atoms with van der Waals surface area (Å²) in [6.45, 7) is 2.85. The van der Waals surface area contributed by atoms with Crippen LogP contribution in [0.5, 0.6) is 5.75 Å². The van der Waals surface area contributed by atoms with Crippen molar-refractivity contribution in [2.45, 2.75) is 38.8 Å². The molecule has 1 aliphatic heterocycles. The van der Waals surface area contributed by atoms with Crippen LogP contribution in [0, 0.1) is 11.3 Å². The lowest BCUT2D eigenvalue weighted by Crippen LogP contribution is -2.36. The van der Waals surface area contributed by atoms with Gasteiger partial charge in [0.2, 0.25) is 5.91 Å². The summed E-state index contributed by atoms with van der Waals surface area (Å²) in [5, 5.41) is 13.2. The Labute approximate surface area is 207 Å². The number of carbonyl (C=O) groups excluding carboxylic acids is 2. The lowest BCUT2D eigenvalue weighted by Gasteiger charge is -2.26. The van der Waals surface area contributed by atoms with E-state index in [4.69, 9.17) is 9.47 Å². The van der Waals surface area contributed by atoms with Crippen molar-refractivity contribution < 1.29 is 19.1 Å². The van der Waals surface area contributed by atoms with Crippen molar-refractivity contribution >= 4 is 28.3 Å². The smallest absolute Gasteiger partial charge is 0.410 e. The summed E-state index contributed by atoms with van der Waals surface area (Å²) in [4.78, 5) is 32.0. The molecular weight excluding hydrogens is 466 g/mol. The second kappa shape index (κ2) is 10.6. The number of nitrogens with zero attached hydrogens (tertiary/aromatic N) is 4. The summed E-state index contributed by atoms with van der Waals surface area (Å²) < 4.78 is 12.5. The van der Waals surface area contributed by atoms with Crippen LogP contribution in [0.1, 0.15) is 46.7 Å². The van der Waals surface area contributed by atoms with Gasteiger partial charge in [0.15, 0.2) is 6.61 Å². The van der Waals surface area contributed by atoms with Gasteiger partial charge in [-0.15, -0.1) is 11.3 Å². The first kappa shape index (κ1) is 24.3. The van der Waals surface area contributed by atoms with Crippen molar-refractivity contribution in [3.8, 4) is 11.8 Å². The van der Waals surface area contributed by atoms with Crippen LogP contribution in [-0.4, -0.2) is 40.1 Å². The fourth-order valence-electron chi connectivity index (χ4n) is 4.04. The van der Waals surface area contributed by atoms with E-state index in [2.05, 4.69) is 16.4 Å². The summed E-state index contributed by atoms with van der Waals surface area (Å²) in [5.41, 5.74) is 2.38. The zero-order valence-corrected chi connectivity index (χ0v) is 20.7. The van der Waals surface area contributed by atoms with Crippen LogP contribution in [0.4, 0.5) is 9.80 Å². The topological polar surface area (TPSA) is 109 Å². The molecule has 0 fully saturated rings. The molecule has 35 heavy (non-hydrogen) atoms. The Balaban J connectivity index is 1.39. The normalized spacial score (nSPS) is 13.5. The number of hydrogen-bond donors (Lipinski definition) is 1. The molecule has 1 unspecified atom stereocenters. The highest BCUT2D eigenvalue weighted by atomic mass is 32.1. The highest BCUT2D eigenvalue weighted by Crippen LogP contribution is 2.37. The Morgan fingerprint density at radius 1 is 1.37 bits per heavy atom. The van der Waals surface area contributed by atoms with Gasteiger partial charge in [0.05, 0.1) is 19.2 Å². The lowest BCUT2D eigenvalue weighted by molar-refractivity contribution is -0.116. The molecule has 3 heterocycles. The van der Waals surface area contributed by atoms with E-state index in [0.717, 1.165) is 21.8 Å². The number of benzene rings is 1. The van der Waals surface area contributed by atoms with Gasteiger partial charge < -0.3 is 24.3 Å². The Morgan fingerprint density at radius 2 is 2.20 bits per heavy atom. The summed E-state index contributed by atoms with van der Waals surface area (Å²) in [6, 6.07) is 9.89. The van der Waals surface area contributed by atoms with Gasteiger partial charge in [-0.2, -0.15) is 5.26 Å². The number of carbonyl (C=O) groups is 2. The van der Waals surface area contributed by atoms with E-state index in [0.29, 0.717) is 35.9 Å². The second-order valence-electron chi connectivity index (χ2n) is 8.43. The molecule has 1 aliphatic rings. The quantitative estimate of drug-likeness (QED) is 0.529. The number of fused-ring (bicyclic) bond motifs is 1. The van der Waals surface area contributed by atoms with Crippen molar-refractivity contribution in [3.63, 3.8) is 0 Å². The number of thiophene rings is 1. The number of nitriles is 1. The van der Waals surface area contributed by atoms with Crippen LogP contribution < -0.4 is 10.1 Å². The van der Waals surface area contributed by atoms with E-state index in [1.165, 1.54) is 11.3 Å². The Bertz CT molecular complexity index is 1280. The average Bonchev–Trinajstić information content (AvgIpc) is 3.43. The van der Waals surface area contributed by atoms with Gasteiger partial charge in [-0.25, -0.2) is 9.78 Å². The molecule has 9 nitrogen and oxygen atoms in total. The first-order valence-electron chi connectivity index (χ1n) is 11.3. The van der Waals surface area contributed by atoms with Gasteiger partial charge in [-0.05, 0) is 35.6 Å². The molecule has 2 aromatic heterocycles. The molecule has 0 radical (unpaired) electrons. The van der Waals surface area contributed by atoms with Gasteiger partial charge in [0.1, 0.15) is 22.6 Å². The van der Waals surface area contributed by atoms with Crippen LogP contribution in [-0.2, 0) is 36.2 Å². The van der Waals surface area contributed by atoms with Crippen LogP contribution >= 0.6 is 11.3 Å². The first-order chi connectivity index (χ1) is 16.9. The van der Waals surface area contributed by atoms with E-state index < -0.39 is 6.09 Å². The Kier molecular flexibility index (Phi) is 7.36. The predicted octanol–water partition coefficient (Wildman–Crippen LogP) is 4.19. The van der Waals surface area contributed by atoms with E-state index in [-0.39, 0.29) is 24.9 Å². The van der Waals surface area contributed by atoms with E-state index in [1.807, 2.05) is 38.2 Å². The molecule has 182 valence electrons. The minimum atomic E-state index is -0.428. The van der Waals surface area contributed by atoms with Gasteiger partial charge in [0.25, 0.3) is 0 Å². The number of nitrogens with one attached hydrogen (secondary N) is 1. The summed E-state index contributed by atoms with van der Waals surface area (Å²) in [5.74, 6) is 1.22. The summed E-state index contributed by atoms with van der Waals surface area (Å²) in [7, 11) is 3.45. The maximum atomic E-state index is 12.8. The molecule has 4 rings (SSSR count). The Hall–Kier alpha value is -3.84. The minimum Gasteiger partial charge on any atom is -0.497 e. The number of hydrogen-bond acceptors (Lipinski definition) is 7. The van der Waals surface area contributed by atoms with Crippen LogP contribution in [0.25, 0.3) is 0 Å². The molecule has 1 atom stereocenters. The van der Waals surface area contributed by atoms with Crippen molar-refractivity contribution in [1.29, 1.82) is 5.26 Å². The molecule has 0 saturated carbocycles. The monoisotopic (exact) mass is 493 g/mol. The third-order valence-electron chi connectivity index (χ3n) is 6.08. The summed E-state index contributed by atoms with van der Waals surface area (Å²) >= 11 is 1.34. The van der Waals surface area contributed by atoms with E-state index >= 15 is 0 Å². The zero-order chi connectivity index (χ0) is 24.9. The molecule has 0 spiro atoms. The molecule has 10 heteroatoms. The molecule has 1 aromatic carbocycles. The average molecular weight is 494 g/mol. The number of ether oxygens (including phenoxy) is 2. The van der Waals surface area contributed by atoms with Crippen molar-refractivity contribution in [2.75, 3.05) is 19.0 Å². The fraction of sp³-hybridized carbons (Fsp3) is 0.360. The standard InChI is InChI=1S/C25H27N5O4S/c1-16(17-5-4-6-18(12-17)33-3)11-23(31)28-24-20(13-26)19-7-9-30(14-21(19)35-24)25(32)34-15-22-27-8-10-29(22)2/h4-6,8,10,12,16H,7,9,11,14-15H2,1-3H3,(H,28,31). The highest BCUT2D eigenvalue weighted by molar-refractivity contribution is 7.16. The third kappa shape index (κ3) is 5.46. The third-order valence-corrected chi connectivity index (χ3v) is 7.21. The maximum absolute atomic E-state index is 12.8. The molecule has 0 saturated heterocycles. The number of imidazole rings is 1. The number of rotatable bonds is 7. The van der Waals surface area contributed by atoms with Gasteiger partial charge in [-0.3, -0.25) is 4.79 Å². The van der Waals surface area contributed by atoms with Crippen LogP contribution in [0.15, 0.2) is 36.7 Å². The largest absolute Gasteiger partial charge is 0.497 e. The predicted molar refractivity (Wildman–Crippen MR) is 131 cm³/mol. The molecule has 0 aliphatic carbocycles. The fourth-order valence-corrected chi connectivity index (χ4v) is 5.27. The van der Waals surface area contributed by atoms with Gasteiger partial charge >= 0.3 is 6.09 Å². The number of aromatic nitrogens is 2. The van der Waals surface area contributed by atoms with E-state index in [1.54, 1.807) is 29.0 Å². The van der Waals surface area contributed by atoms with Crippen molar-refractivity contribution in [2.24, 2.45) is 7.05 Å². The number of methoxy groups -OCH3 is 1. The van der Waals surface area contributed by atoms with E-state index in [9.17, 15) is 14.9 Å². The minimum absolute atomic E-state index is 0.0193. The van der Waals surface area contributed by atoms with Gasteiger partial charge in [0, 0.05) is 37.3 Å². The van der Waals surface area contributed by atoms with Crippen LogP contribution in [0.2, 0.25) is 0 Å². The van der Waals surface area contributed by atoms with Crippen LogP contribution in [0.3, 0.4) is 0 Å². The van der Waals surface area contributed by atoms with Gasteiger partial charge in [-0.1, -0.05) is 19.1 Å². The molecule has 0 bridgehead atoms. The molecule has 1 N–H and O–H groups in total. The molecular formula is C25H27N5O4S. The maximum Gasteiger partial charge on any atom is 0.410 e. The lowest BCUT2D eigenvalue weighted by atomic mass is 9.97. The first-order valence-corrected chi connectivity index (χ1v) is 12.1. The number of anilines is 1. The van der Waals surface area contributed by atoms with Crippen molar-refractivity contribution in [3.05, 3.63) is 64.1 Å². The molecule has 2 amide bonds. The zero-order valence-electron chi connectivity index (χ0n) is 19.9. The Morgan fingerprint density at radius 3 is 2.91 bits per heavy atom. The number of aryl methyl sites for hydroxylation is 1. The second-order valence-corrected chi connectivity index (χ2v) is 9.54. The highest BCUT2D eigenvalue weighted by Gasteiger charge is 2.28. The summed E-state index contributed by atoms with van der Waals surface area (Å²) in [6.07, 6.45) is 3.81. The number of amides is 2. The molecule has 3 aromatic rings. The van der Waals surface area contributed by atoms with Crippen molar-refractivity contribution in [1.82, 2.24) is 14.5 Å². The SMILES string of the molecule is COc1cccc(C(C)CC(=O)Nc2sc3c(c2C#N)CCN(C(=O)OCc2nccn2C)C3)c1.